The van der Waals surface area contributed by atoms with Gasteiger partial charge >= 0.3 is 5.69 Å². The fraction of sp³-hybridized carbons (Fsp3) is 0. The lowest BCUT2D eigenvalue weighted by Crippen LogP contribution is -2.16. The van der Waals surface area contributed by atoms with E-state index in [0.29, 0.717) is 11.4 Å². The summed E-state index contributed by atoms with van der Waals surface area (Å²) in [6.07, 6.45) is 0. The molecule has 0 bridgehead atoms. The molecule has 0 spiro atoms. The number of H-pyrrole nitrogens is 1. The maximum atomic E-state index is 11.8. The topological polar surface area (TPSA) is 191 Å². The van der Waals surface area contributed by atoms with E-state index in [9.17, 15) is 21.6 Å². The van der Waals surface area contributed by atoms with E-state index >= 15 is 0 Å². The summed E-state index contributed by atoms with van der Waals surface area (Å²) in [5, 5.41) is 5.45. The molecule has 0 saturated heterocycles. The van der Waals surface area contributed by atoms with Gasteiger partial charge in [0.2, 0.25) is 11.9 Å². The third-order valence-corrected chi connectivity index (χ3v) is 5.21. The summed E-state index contributed by atoms with van der Waals surface area (Å²) in [6.45, 7) is 0. The predicted molar refractivity (Wildman–Crippen MR) is 102 cm³/mol. The van der Waals surface area contributed by atoms with E-state index in [1.165, 1.54) is 24.3 Å². The van der Waals surface area contributed by atoms with Crippen molar-refractivity contribution in [1.82, 2.24) is 15.0 Å². The number of aromatic amines is 1. The number of benzene rings is 2. The van der Waals surface area contributed by atoms with Gasteiger partial charge in [0.1, 0.15) is 0 Å². The molecule has 152 valence electrons. The van der Waals surface area contributed by atoms with Crippen LogP contribution in [-0.2, 0) is 20.2 Å². The first-order valence-electron chi connectivity index (χ1n) is 7.68. The van der Waals surface area contributed by atoms with Crippen molar-refractivity contribution in [2.75, 3.05) is 10.6 Å². The summed E-state index contributed by atoms with van der Waals surface area (Å²) < 4.78 is 62.2. The Bertz CT molecular complexity index is 1200. The first kappa shape index (κ1) is 20.4. The largest absolute Gasteiger partial charge is 0.351 e. The summed E-state index contributed by atoms with van der Waals surface area (Å²) in [7, 11) is -8.66. The predicted octanol–water partition coefficient (Wildman–Crippen LogP) is 1.15. The Morgan fingerprint density at radius 1 is 0.724 bits per heavy atom. The van der Waals surface area contributed by atoms with E-state index in [1.54, 1.807) is 0 Å². The van der Waals surface area contributed by atoms with Gasteiger partial charge in [-0.2, -0.15) is 26.8 Å². The molecular formula is C15H13N5O7S2. The van der Waals surface area contributed by atoms with Crippen molar-refractivity contribution in [3.8, 4) is 0 Å². The number of nitrogens with one attached hydrogen (secondary N) is 3. The minimum atomic E-state index is -4.33. The van der Waals surface area contributed by atoms with Crippen LogP contribution in [0.25, 0.3) is 0 Å². The van der Waals surface area contributed by atoms with Gasteiger partial charge in [-0.15, -0.1) is 0 Å². The second kappa shape index (κ2) is 7.59. The van der Waals surface area contributed by atoms with Crippen molar-refractivity contribution >= 4 is 43.5 Å². The Labute approximate surface area is 164 Å². The summed E-state index contributed by atoms with van der Waals surface area (Å²) in [6, 6.07) is 10.0. The van der Waals surface area contributed by atoms with E-state index in [4.69, 9.17) is 9.11 Å². The average molecular weight is 439 g/mol. The number of nitrogens with zero attached hydrogens (tertiary/aromatic N) is 2. The van der Waals surface area contributed by atoms with Crippen molar-refractivity contribution < 1.29 is 25.9 Å². The number of anilines is 4. The Morgan fingerprint density at radius 3 is 1.62 bits per heavy atom. The molecule has 5 N–H and O–H groups in total. The molecule has 2 aromatic carbocycles. The van der Waals surface area contributed by atoms with Gasteiger partial charge in [0.05, 0.1) is 9.79 Å². The second-order valence-electron chi connectivity index (χ2n) is 5.57. The number of aromatic nitrogens is 3. The average Bonchev–Trinajstić information content (AvgIpc) is 2.60. The lowest BCUT2D eigenvalue weighted by Gasteiger charge is -2.08. The Balaban J connectivity index is 1.80. The number of hydrogen-bond acceptors (Lipinski definition) is 9. The molecule has 0 radical (unpaired) electrons. The van der Waals surface area contributed by atoms with Gasteiger partial charge in [-0.05, 0) is 48.5 Å². The molecule has 0 aliphatic carbocycles. The van der Waals surface area contributed by atoms with E-state index in [1.807, 2.05) is 0 Å². The SMILES string of the molecule is O=c1nc(Nc2ccc(S(=O)(=O)O)cc2)nc(Nc2ccc(S(=O)(=O)O)cc2)[nH]1. The van der Waals surface area contributed by atoms with Crippen LogP contribution >= 0.6 is 0 Å². The third kappa shape index (κ3) is 5.35. The zero-order valence-corrected chi connectivity index (χ0v) is 15.9. The highest BCUT2D eigenvalue weighted by atomic mass is 32.2. The minimum Gasteiger partial charge on any atom is -0.326 e. The molecule has 1 heterocycles. The lowest BCUT2D eigenvalue weighted by atomic mass is 10.3. The van der Waals surface area contributed by atoms with Gasteiger partial charge < -0.3 is 10.6 Å². The summed E-state index contributed by atoms with van der Waals surface area (Å²) in [4.78, 5) is 21.2. The third-order valence-electron chi connectivity index (χ3n) is 3.47. The molecule has 0 atom stereocenters. The van der Waals surface area contributed by atoms with Crippen molar-refractivity contribution in [3.63, 3.8) is 0 Å². The van der Waals surface area contributed by atoms with Gasteiger partial charge in [-0.1, -0.05) is 0 Å². The van der Waals surface area contributed by atoms with Crippen LogP contribution in [0.1, 0.15) is 0 Å². The van der Waals surface area contributed by atoms with Crippen LogP contribution in [0.2, 0.25) is 0 Å². The normalized spacial score (nSPS) is 11.8. The zero-order valence-electron chi connectivity index (χ0n) is 14.3. The van der Waals surface area contributed by atoms with Crippen molar-refractivity contribution in [1.29, 1.82) is 0 Å². The van der Waals surface area contributed by atoms with Crippen LogP contribution in [0.15, 0.2) is 63.1 Å². The lowest BCUT2D eigenvalue weighted by molar-refractivity contribution is 0.481. The van der Waals surface area contributed by atoms with Gasteiger partial charge in [-0.3, -0.25) is 14.1 Å². The molecule has 3 rings (SSSR count). The number of hydrogen-bond donors (Lipinski definition) is 5. The molecule has 29 heavy (non-hydrogen) atoms. The van der Waals surface area contributed by atoms with Gasteiger partial charge in [0.15, 0.2) is 0 Å². The first-order chi connectivity index (χ1) is 13.5. The van der Waals surface area contributed by atoms with Crippen LogP contribution in [0.3, 0.4) is 0 Å². The van der Waals surface area contributed by atoms with Crippen LogP contribution in [0, 0.1) is 0 Å². The summed E-state index contributed by atoms with van der Waals surface area (Å²) >= 11 is 0. The van der Waals surface area contributed by atoms with Crippen molar-refractivity contribution in [2.24, 2.45) is 0 Å². The Kier molecular flexibility index (Phi) is 5.34. The van der Waals surface area contributed by atoms with E-state index in [-0.39, 0.29) is 21.7 Å². The monoisotopic (exact) mass is 439 g/mol. The quantitative estimate of drug-likeness (QED) is 0.346. The second-order valence-corrected chi connectivity index (χ2v) is 8.42. The van der Waals surface area contributed by atoms with Crippen molar-refractivity contribution in [3.05, 3.63) is 59.0 Å². The highest BCUT2D eigenvalue weighted by molar-refractivity contribution is 7.86. The minimum absolute atomic E-state index is 0.0124. The fourth-order valence-corrected chi connectivity index (χ4v) is 3.15. The fourth-order valence-electron chi connectivity index (χ4n) is 2.19. The van der Waals surface area contributed by atoms with E-state index in [0.717, 1.165) is 24.3 Å². The molecule has 14 heteroatoms. The highest BCUT2D eigenvalue weighted by Crippen LogP contribution is 2.19. The maximum Gasteiger partial charge on any atom is 0.351 e. The van der Waals surface area contributed by atoms with E-state index in [2.05, 4.69) is 25.6 Å². The molecule has 1 aromatic heterocycles. The molecule has 3 aromatic rings. The standard InChI is InChI=1S/C15H13N5O7S2/c21-15-19-13(16-9-1-5-11(6-2-9)28(22,23)24)18-14(20-15)17-10-3-7-12(8-4-10)29(25,26)27/h1-8H,(H,22,23,24)(H,25,26,27)(H3,16,17,18,19,20,21). The molecular weight excluding hydrogens is 426 g/mol. The molecule has 0 unspecified atom stereocenters. The highest BCUT2D eigenvalue weighted by Gasteiger charge is 2.11. The van der Waals surface area contributed by atoms with Gasteiger partial charge in [-0.25, -0.2) is 4.79 Å². The number of rotatable bonds is 6. The summed E-state index contributed by atoms with van der Waals surface area (Å²) in [5.41, 5.74) is -0.0178. The smallest absolute Gasteiger partial charge is 0.326 e. The molecule has 0 fully saturated rings. The first-order valence-corrected chi connectivity index (χ1v) is 10.6. The molecule has 12 nitrogen and oxygen atoms in total. The van der Waals surface area contributed by atoms with Crippen LogP contribution in [0.5, 0.6) is 0 Å². The molecule has 0 amide bonds. The maximum absolute atomic E-state index is 11.8. The summed E-state index contributed by atoms with van der Waals surface area (Å²) in [5.74, 6) is -0.118. The van der Waals surface area contributed by atoms with Gasteiger partial charge in [0.25, 0.3) is 20.2 Å². The molecule has 0 saturated carbocycles. The van der Waals surface area contributed by atoms with Gasteiger partial charge in [0, 0.05) is 11.4 Å². The van der Waals surface area contributed by atoms with Crippen LogP contribution in [-0.4, -0.2) is 40.9 Å². The Morgan fingerprint density at radius 2 is 1.17 bits per heavy atom. The van der Waals surface area contributed by atoms with Crippen LogP contribution < -0.4 is 16.3 Å². The van der Waals surface area contributed by atoms with Crippen LogP contribution in [0.4, 0.5) is 23.3 Å². The molecule has 0 aliphatic heterocycles. The molecule has 0 aliphatic rings. The van der Waals surface area contributed by atoms with E-state index < -0.39 is 25.9 Å². The zero-order chi connectivity index (χ0) is 21.2. The van der Waals surface area contributed by atoms with Crippen molar-refractivity contribution in [2.45, 2.75) is 9.79 Å². The Hall–Kier alpha value is -3.33.